The third-order valence-corrected chi connectivity index (χ3v) is 10.5. The van der Waals surface area contributed by atoms with Crippen LogP contribution < -0.4 is 0 Å². The van der Waals surface area contributed by atoms with E-state index in [2.05, 4.69) is 44.2 Å². The van der Waals surface area contributed by atoms with E-state index in [-0.39, 0.29) is 17.4 Å². The lowest BCUT2D eigenvalue weighted by atomic mass is 9.44. The van der Waals surface area contributed by atoms with Crippen molar-refractivity contribution in [3.05, 3.63) is 35.9 Å². The Morgan fingerprint density at radius 1 is 0.933 bits per heavy atom. The van der Waals surface area contributed by atoms with Crippen LogP contribution in [0.5, 0.6) is 0 Å². The summed E-state index contributed by atoms with van der Waals surface area (Å²) in [6.07, 6.45) is 12.4. The van der Waals surface area contributed by atoms with Crippen molar-refractivity contribution in [1.82, 2.24) is 0 Å². The number of aliphatic hydroxyl groups excluding tert-OH is 1. The molecule has 8 atom stereocenters. The first-order chi connectivity index (χ1) is 14.4. The average molecular weight is 409 g/mol. The molecule has 30 heavy (non-hydrogen) atoms. The molecule has 4 aliphatic carbocycles. The van der Waals surface area contributed by atoms with Crippen LogP contribution in [0.2, 0.25) is 0 Å². The lowest BCUT2D eigenvalue weighted by Gasteiger charge is -2.60. The Balaban J connectivity index is 1.30. The normalized spacial score (nSPS) is 45.3. The van der Waals surface area contributed by atoms with Crippen LogP contribution in [-0.2, 0) is 11.2 Å². The summed E-state index contributed by atoms with van der Waals surface area (Å²) in [4.78, 5) is 13.3. The van der Waals surface area contributed by atoms with Crippen LogP contribution in [0.4, 0.5) is 0 Å². The van der Waals surface area contributed by atoms with Gasteiger partial charge < -0.3 is 5.11 Å². The van der Waals surface area contributed by atoms with Gasteiger partial charge in [0.15, 0.2) is 0 Å². The zero-order chi connectivity index (χ0) is 20.9. The van der Waals surface area contributed by atoms with Gasteiger partial charge in [0, 0.05) is 12.3 Å². The summed E-state index contributed by atoms with van der Waals surface area (Å²) in [7, 11) is 0. The van der Waals surface area contributed by atoms with Crippen LogP contribution in [-0.4, -0.2) is 17.0 Å². The quantitative estimate of drug-likeness (QED) is 0.643. The van der Waals surface area contributed by atoms with Gasteiger partial charge in [-0.15, -0.1) is 0 Å². The molecule has 2 heteroatoms. The topological polar surface area (TPSA) is 37.3 Å². The number of carbonyl (C=O) groups excluding carboxylic acids is 1. The first kappa shape index (κ1) is 20.7. The fourth-order valence-electron chi connectivity index (χ4n) is 8.85. The number of ketones is 1. The molecule has 4 aliphatic rings. The molecule has 0 amide bonds. The molecule has 164 valence electrons. The van der Waals surface area contributed by atoms with E-state index in [9.17, 15) is 9.90 Å². The number of benzene rings is 1. The summed E-state index contributed by atoms with van der Waals surface area (Å²) in [6, 6.07) is 10.5. The van der Waals surface area contributed by atoms with Crippen molar-refractivity contribution in [3.8, 4) is 0 Å². The number of Topliss-reactive ketones (excluding diaryl/α,β-unsaturated/α-hetero) is 1. The van der Waals surface area contributed by atoms with Crippen molar-refractivity contribution in [2.24, 2.45) is 40.4 Å². The number of hydrogen-bond acceptors (Lipinski definition) is 2. The average Bonchev–Trinajstić information content (AvgIpc) is 3.10. The van der Waals surface area contributed by atoms with Gasteiger partial charge in [0.1, 0.15) is 5.78 Å². The summed E-state index contributed by atoms with van der Waals surface area (Å²) in [5.41, 5.74) is 1.95. The monoisotopic (exact) mass is 408 g/mol. The molecule has 4 saturated carbocycles. The molecule has 0 aliphatic heterocycles. The Labute approximate surface area is 182 Å². The van der Waals surface area contributed by atoms with Crippen LogP contribution >= 0.6 is 0 Å². The van der Waals surface area contributed by atoms with Gasteiger partial charge in [-0.25, -0.2) is 0 Å². The van der Waals surface area contributed by atoms with E-state index in [4.69, 9.17) is 0 Å². The molecule has 1 N–H and O–H groups in total. The van der Waals surface area contributed by atoms with Gasteiger partial charge in [0.05, 0.1) is 6.10 Å². The summed E-state index contributed by atoms with van der Waals surface area (Å²) in [5, 5.41) is 10.2. The smallest absolute Gasteiger partial charge is 0.136 e. The molecule has 0 aromatic heterocycles. The maximum absolute atomic E-state index is 13.3. The van der Waals surface area contributed by atoms with Crippen LogP contribution in [0.3, 0.4) is 0 Å². The number of aryl methyl sites for hydroxylation is 1. The van der Waals surface area contributed by atoms with Crippen molar-refractivity contribution >= 4 is 5.78 Å². The van der Waals surface area contributed by atoms with E-state index in [1.807, 2.05) is 0 Å². The van der Waals surface area contributed by atoms with Crippen molar-refractivity contribution in [1.29, 1.82) is 0 Å². The van der Waals surface area contributed by atoms with Crippen LogP contribution in [0.15, 0.2) is 30.3 Å². The van der Waals surface area contributed by atoms with Crippen molar-refractivity contribution in [3.63, 3.8) is 0 Å². The maximum Gasteiger partial charge on any atom is 0.136 e. The molecule has 0 saturated heterocycles. The van der Waals surface area contributed by atoms with Gasteiger partial charge in [-0.05, 0) is 104 Å². The number of fused-ring (bicyclic) bond motifs is 5. The molecule has 0 spiro atoms. The first-order valence-electron chi connectivity index (χ1n) is 12.7. The largest absolute Gasteiger partial charge is 0.393 e. The van der Waals surface area contributed by atoms with Gasteiger partial charge in [0.25, 0.3) is 0 Å². The zero-order valence-corrected chi connectivity index (χ0v) is 19.0. The molecular weight excluding hydrogens is 368 g/mol. The third kappa shape index (κ3) is 3.29. The highest BCUT2D eigenvalue weighted by Gasteiger charge is 2.60. The van der Waals surface area contributed by atoms with E-state index in [0.29, 0.717) is 17.6 Å². The number of rotatable bonds is 4. The van der Waals surface area contributed by atoms with Crippen molar-refractivity contribution in [2.45, 2.75) is 90.6 Å². The molecule has 0 radical (unpaired) electrons. The molecule has 5 rings (SSSR count). The number of aliphatic hydroxyl groups is 1. The Bertz CT molecular complexity index is 772. The van der Waals surface area contributed by atoms with E-state index >= 15 is 0 Å². The lowest BCUT2D eigenvalue weighted by Crippen LogP contribution is -2.54. The Hall–Kier alpha value is -1.15. The minimum atomic E-state index is -0.0634. The molecule has 1 aromatic carbocycles. The Morgan fingerprint density at radius 3 is 2.47 bits per heavy atom. The SMILES string of the molecule is C[C@]12CC[C@H]3[C@@H](CCC4C[C@@H](O)CC[C@@]43C)[C@@H]1CC[C@@H]2C(=O)CCc1ccccc1. The minimum absolute atomic E-state index is 0.0634. The maximum atomic E-state index is 13.3. The number of hydrogen-bond donors (Lipinski definition) is 1. The van der Waals surface area contributed by atoms with Gasteiger partial charge in [-0.2, -0.15) is 0 Å². The predicted molar refractivity (Wildman–Crippen MR) is 121 cm³/mol. The summed E-state index contributed by atoms with van der Waals surface area (Å²) >= 11 is 0. The lowest BCUT2D eigenvalue weighted by molar-refractivity contribution is -0.139. The Kier molecular flexibility index (Phi) is 5.37. The minimum Gasteiger partial charge on any atom is -0.393 e. The van der Waals surface area contributed by atoms with E-state index < -0.39 is 0 Å². The number of carbonyl (C=O) groups is 1. The van der Waals surface area contributed by atoms with Crippen molar-refractivity contribution in [2.75, 3.05) is 0 Å². The Morgan fingerprint density at radius 2 is 1.67 bits per heavy atom. The van der Waals surface area contributed by atoms with Crippen LogP contribution in [0.25, 0.3) is 0 Å². The van der Waals surface area contributed by atoms with Gasteiger partial charge >= 0.3 is 0 Å². The standard InChI is InChI=1S/C28H40O2/c1-27-16-14-21(29)18-20(27)9-10-22-23-11-12-25(28(23,2)17-15-24(22)27)26(30)13-8-19-6-4-3-5-7-19/h3-7,20-25,29H,8-18H2,1-2H3/t20?,21-,22-,23-,24-,25+,27-,28-/m0/s1. The van der Waals surface area contributed by atoms with E-state index in [1.165, 1.54) is 44.1 Å². The fraction of sp³-hybridized carbons (Fsp3) is 0.750. The summed E-state index contributed by atoms with van der Waals surface area (Å²) < 4.78 is 0. The van der Waals surface area contributed by atoms with E-state index in [1.54, 1.807) is 0 Å². The predicted octanol–water partition coefficient (Wildman–Crippen LogP) is 6.21. The molecule has 0 bridgehead atoms. The summed E-state index contributed by atoms with van der Waals surface area (Å²) in [6.45, 7) is 5.03. The van der Waals surface area contributed by atoms with E-state index in [0.717, 1.165) is 49.4 Å². The van der Waals surface area contributed by atoms with Gasteiger partial charge in [0.2, 0.25) is 0 Å². The second-order valence-electron chi connectivity index (χ2n) is 11.7. The first-order valence-corrected chi connectivity index (χ1v) is 12.7. The van der Waals surface area contributed by atoms with Crippen molar-refractivity contribution < 1.29 is 9.90 Å². The van der Waals surface area contributed by atoms with Crippen LogP contribution in [0.1, 0.15) is 83.6 Å². The highest BCUT2D eigenvalue weighted by molar-refractivity contribution is 5.82. The molecule has 1 aromatic rings. The molecule has 2 nitrogen and oxygen atoms in total. The summed E-state index contributed by atoms with van der Waals surface area (Å²) in [5.74, 6) is 3.91. The molecular formula is C28H40O2. The van der Waals surface area contributed by atoms with Crippen LogP contribution in [0, 0.1) is 40.4 Å². The third-order valence-electron chi connectivity index (χ3n) is 10.5. The fourth-order valence-corrected chi connectivity index (χ4v) is 8.85. The highest BCUT2D eigenvalue weighted by atomic mass is 16.3. The van der Waals surface area contributed by atoms with Gasteiger partial charge in [-0.1, -0.05) is 44.2 Å². The molecule has 4 fully saturated rings. The second-order valence-corrected chi connectivity index (χ2v) is 11.7. The van der Waals surface area contributed by atoms with Gasteiger partial charge in [-0.3, -0.25) is 4.79 Å². The second kappa shape index (κ2) is 7.76. The zero-order valence-electron chi connectivity index (χ0n) is 19.0. The molecule has 0 heterocycles. The highest BCUT2D eigenvalue weighted by Crippen LogP contribution is 2.67. The molecule has 1 unspecified atom stereocenters.